The van der Waals surface area contributed by atoms with Crippen LogP contribution in [0.15, 0.2) is 58.4 Å². The Kier molecular flexibility index (Phi) is 7.06. The molecule has 3 heterocycles. The number of carbonyl (C=O) groups is 1. The Balaban J connectivity index is 1.40. The topological polar surface area (TPSA) is 105 Å². The van der Waals surface area contributed by atoms with Gasteiger partial charge in [0.1, 0.15) is 31.3 Å². The third kappa shape index (κ3) is 6.16. The lowest BCUT2D eigenvalue weighted by Crippen LogP contribution is -2.49. The maximum Gasteiger partial charge on any atom is 0.416 e. The van der Waals surface area contributed by atoms with E-state index in [0.717, 1.165) is 23.4 Å². The quantitative estimate of drug-likeness (QED) is 0.451. The van der Waals surface area contributed by atoms with Crippen LogP contribution in [0.5, 0.6) is 0 Å². The molecule has 4 N–H and O–H groups in total. The molecule has 4 rings (SSSR count). The van der Waals surface area contributed by atoms with Crippen molar-refractivity contribution in [2.45, 2.75) is 24.9 Å². The van der Waals surface area contributed by atoms with Gasteiger partial charge >= 0.3 is 12.4 Å². The highest BCUT2D eigenvalue weighted by Crippen LogP contribution is 2.34. The third-order valence-electron chi connectivity index (χ3n) is 5.84. The number of nitrogens with zero attached hydrogens (tertiary/aromatic N) is 3. The van der Waals surface area contributed by atoms with E-state index >= 15 is 0 Å². The largest absolute Gasteiger partial charge is 0.416 e. The Morgan fingerprint density at radius 1 is 1.24 bits per heavy atom. The van der Waals surface area contributed by atoms with Gasteiger partial charge in [-0.15, -0.1) is 0 Å². The molecule has 0 aromatic heterocycles. The van der Waals surface area contributed by atoms with E-state index in [1.807, 2.05) is 11.0 Å². The van der Waals surface area contributed by atoms with E-state index in [1.165, 1.54) is 18.3 Å². The molecule has 3 aliphatic heterocycles. The first-order valence-electron chi connectivity index (χ1n) is 11.1. The standard InChI is InChI=1S/C23H21F6N7O/c24-22(25,26)11-32-21(37)13-1-4-19(31-9-13)35-20-16-5-6-36(10-17(16)33-12-34-20)18-3-2-15(23(27,28)29)7-14(18)8-30/h1-4,7,9,19,31,33H,5-6,10-12H2,(H,32,37)(H,34,35). The molecule has 0 radical (unpaired) electrons. The molecule has 0 saturated carbocycles. The van der Waals surface area contributed by atoms with Gasteiger partial charge in [-0.3, -0.25) is 4.79 Å². The summed E-state index contributed by atoms with van der Waals surface area (Å²) in [6.45, 7) is -0.435. The molecular weight excluding hydrogens is 504 g/mol. The lowest BCUT2D eigenvalue weighted by molar-refractivity contribution is -0.137. The number of carbonyl (C=O) groups excluding carboxylic acids is 1. The maximum atomic E-state index is 13.0. The smallest absolute Gasteiger partial charge is 0.368 e. The van der Waals surface area contributed by atoms with Crippen LogP contribution in [0, 0.1) is 11.3 Å². The van der Waals surface area contributed by atoms with E-state index < -0.39 is 36.5 Å². The summed E-state index contributed by atoms with van der Waals surface area (Å²) in [5.74, 6) is -0.294. The van der Waals surface area contributed by atoms with Crippen molar-refractivity contribution in [3.63, 3.8) is 0 Å². The van der Waals surface area contributed by atoms with Crippen LogP contribution in [0.3, 0.4) is 0 Å². The zero-order valence-electron chi connectivity index (χ0n) is 19.1. The first-order chi connectivity index (χ1) is 17.4. The normalized spacial score (nSPS) is 19.6. The average molecular weight is 525 g/mol. The minimum atomic E-state index is -4.55. The van der Waals surface area contributed by atoms with Crippen molar-refractivity contribution in [2.75, 3.05) is 31.2 Å². The van der Waals surface area contributed by atoms with Gasteiger partial charge in [0.05, 0.1) is 28.9 Å². The number of nitriles is 1. The van der Waals surface area contributed by atoms with Crippen molar-refractivity contribution in [2.24, 2.45) is 4.99 Å². The van der Waals surface area contributed by atoms with Gasteiger partial charge in [-0.2, -0.15) is 31.6 Å². The van der Waals surface area contributed by atoms with E-state index in [9.17, 15) is 36.4 Å². The summed E-state index contributed by atoms with van der Waals surface area (Å²) in [6.07, 6.45) is -4.79. The number of alkyl halides is 6. The third-order valence-corrected chi connectivity index (χ3v) is 5.84. The number of nitrogens with one attached hydrogen (secondary N) is 4. The zero-order chi connectivity index (χ0) is 26.8. The number of anilines is 1. The monoisotopic (exact) mass is 525 g/mol. The molecule has 196 valence electrons. The van der Waals surface area contributed by atoms with E-state index in [2.05, 4.69) is 20.9 Å². The molecule has 0 fully saturated rings. The highest BCUT2D eigenvalue weighted by molar-refractivity contribution is 6.00. The van der Waals surface area contributed by atoms with Crippen LogP contribution in [-0.4, -0.2) is 50.4 Å². The fraction of sp³-hybridized carbons (Fsp3) is 0.348. The number of benzene rings is 1. The molecule has 0 bridgehead atoms. The molecule has 0 aliphatic carbocycles. The van der Waals surface area contributed by atoms with Crippen molar-refractivity contribution in [1.82, 2.24) is 21.3 Å². The summed E-state index contributed by atoms with van der Waals surface area (Å²) in [6, 6.07) is 4.94. The lowest BCUT2D eigenvalue weighted by Gasteiger charge is -2.36. The molecule has 3 aliphatic rings. The summed E-state index contributed by atoms with van der Waals surface area (Å²) in [7, 11) is 0. The van der Waals surface area contributed by atoms with Gasteiger partial charge < -0.3 is 26.2 Å². The van der Waals surface area contributed by atoms with Crippen LogP contribution in [0.4, 0.5) is 32.0 Å². The number of halogens is 6. The van der Waals surface area contributed by atoms with Gasteiger partial charge in [0.15, 0.2) is 0 Å². The van der Waals surface area contributed by atoms with Crippen molar-refractivity contribution >= 4 is 17.4 Å². The molecule has 8 nitrogen and oxygen atoms in total. The first kappa shape index (κ1) is 25.9. The highest BCUT2D eigenvalue weighted by atomic mass is 19.4. The summed E-state index contributed by atoms with van der Waals surface area (Å²) in [5, 5.41) is 20.4. The molecule has 0 spiro atoms. The number of hydrogen-bond acceptors (Lipinski definition) is 7. The first-order valence-corrected chi connectivity index (χ1v) is 11.1. The van der Waals surface area contributed by atoms with E-state index in [1.54, 1.807) is 11.4 Å². The van der Waals surface area contributed by atoms with Crippen LogP contribution in [0.25, 0.3) is 0 Å². The number of amidine groups is 1. The van der Waals surface area contributed by atoms with Crippen LogP contribution in [-0.2, 0) is 11.0 Å². The number of amides is 1. The summed E-state index contributed by atoms with van der Waals surface area (Å²) in [5.41, 5.74) is 1.14. The number of aliphatic imine (C=N–C) groups is 1. The molecule has 1 amide bonds. The van der Waals surface area contributed by atoms with Crippen LogP contribution >= 0.6 is 0 Å². The fourth-order valence-electron chi connectivity index (χ4n) is 4.06. The second-order valence-electron chi connectivity index (χ2n) is 8.36. The van der Waals surface area contributed by atoms with Crippen molar-refractivity contribution in [3.8, 4) is 6.07 Å². The molecule has 37 heavy (non-hydrogen) atoms. The second-order valence-corrected chi connectivity index (χ2v) is 8.36. The van der Waals surface area contributed by atoms with Gasteiger partial charge in [-0.05, 0) is 36.8 Å². The Hall–Kier alpha value is -4.15. The number of hydrogen-bond donors (Lipinski definition) is 4. The Morgan fingerprint density at radius 3 is 2.68 bits per heavy atom. The van der Waals surface area contributed by atoms with Crippen LogP contribution < -0.4 is 26.2 Å². The van der Waals surface area contributed by atoms with E-state index in [4.69, 9.17) is 0 Å². The average Bonchev–Trinajstić information content (AvgIpc) is 2.86. The van der Waals surface area contributed by atoms with Crippen LogP contribution in [0.2, 0.25) is 0 Å². The van der Waals surface area contributed by atoms with Crippen LogP contribution in [0.1, 0.15) is 17.5 Å². The van der Waals surface area contributed by atoms with Crippen molar-refractivity contribution in [1.29, 1.82) is 5.26 Å². The molecule has 1 aromatic carbocycles. The molecule has 14 heteroatoms. The Morgan fingerprint density at radius 2 is 2.03 bits per heavy atom. The fourth-order valence-corrected chi connectivity index (χ4v) is 4.06. The zero-order valence-corrected chi connectivity index (χ0v) is 19.1. The van der Waals surface area contributed by atoms with Gasteiger partial charge in [0.25, 0.3) is 5.91 Å². The summed E-state index contributed by atoms with van der Waals surface area (Å²) in [4.78, 5) is 18.1. The van der Waals surface area contributed by atoms with Gasteiger partial charge in [0.2, 0.25) is 0 Å². The second kappa shape index (κ2) is 10.1. The molecule has 1 unspecified atom stereocenters. The minimum Gasteiger partial charge on any atom is -0.368 e. The maximum absolute atomic E-state index is 13.0. The predicted molar refractivity (Wildman–Crippen MR) is 122 cm³/mol. The van der Waals surface area contributed by atoms with Crippen molar-refractivity contribution < 1.29 is 31.1 Å². The van der Waals surface area contributed by atoms with Gasteiger partial charge in [0, 0.05) is 24.0 Å². The molecular formula is C23H21F6N7O. The predicted octanol–water partition coefficient (Wildman–Crippen LogP) is 2.64. The van der Waals surface area contributed by atoms with E-state index in [-0.39, 0.29) is 17.8 Å². The SMILES string of the molecule is N#Cc1cc(C(F)(F)F)ccc1N1CCC2=C(C1)NCN=C2NC1C=CC(C(=O)NCC(F)(F)F)=CN1. The van der Waals surface area contributed by atoms with Crippen molar-refractivity contribution in [3.05, 3.63) is 64.5 Å². The molecule has 1 aromatic rings. The lowest BCUT2D eigenvalue weighted by atomic mass is 10.00. The molecule has 1 atom stereocenters. The van der Waals surface area contributed by atoms with E-state index in [0.29, 0.717) is 31.0 Å². The summed E-state index contributed by atoms with van der Waals surface area (Å²) < 4.78 is 76.0. The number of dihydropyridines is 1. The summed E-state index contributed by atoms with van der Waals surface area (Å²) >= 11 is 0. The number of rotatable bonds is 4. The Bertz CT molecular complexity index is 1240. The molecule has 0 saturated heterocycles. The van der Waals surface area contributed by atoms with Gasteiger partial charge in [-0.25, -0.2) is 4.99 Å². The van der Waals surface area contributed by atoms with Gasteiger partial charge in [-0.1, -0.05) is 0 Å². The highest BCUT2D eigenvalue weighted by Gasteiger charge is 2.33. The Labute approximate surface area is 207 Å². The minimum absolute atomic E-state index is 0.0348.